The molecule has 6 nitrogen and oxygen atoms in total. The van der Waals surface area contributed by atoms with Gasteiger partial charge < -0.3 is 14.3 Å². The molecule has 0 bridgehead atoms. The molecule has 2 heterocycles. The van der Waals surface area contributed by atoms with E-state index in [1.54, 1.807) is 23.2 Å². The third kappa shape index (κ3) is 4.70. The Balaban J connectivity index is 1.61. The Bertz CT molecular complexity index is 860. The number of anilines is 1. The molecule has 3 aromatic rings. The van der Waals surface area contributed by atoms with Gasteiger partial charge in [-0.1, -0.05) is 46.6 Å². The lowest BCUT2D eigenvalue weighted by Crippen LogP contribution is -2.15. The first-order chi connectivity index (χ1) is 12.0. The molecule has 0 fully saturated rings. The Morgan fingerprint density at radius 3 is 2.72 bits per heavy atom. The topological polar surface area (TPSA) is 73.0 Å². The Morgan fingerprint density at radius 1 is 1.28 bits per heavy atom. The maximum absolute atomic E-state index is 12.2. The van der Waals surface area contributed by atoms with Gasteiger partial charge in [-0.15, -0.1) is 10.2 Å². The number of hydrogen-bond acceptors (Lipinski definition) is 5. The molecule has 0 saturated carbocycles. The van der Waals surface area contributed by atoms with Crippen molar-refractivity contribution in [2.75, 3.05) is 11.1 Å². The van der Waals surface area contributed by atoms with Crippen LogP contribution in [0.2, 0.25) is 15.1 Å². The molecule has 0 aliphatic carbocycles. The molecule has 1 amide bonds. The first kappa shape index (κ1) is 18.1. The number of carbonyl (C=O) groups excluding carboxylic acids is 1. The summed E-state index contributed by atoms with van der Waals surface area (Å²) in [4.78, 5) is 12.2. The third-order valence-corrected chi connectivity index (χ3v) is 4.89. The van der Waals surface area contributed by atoms with Gasteiger partial charge in [-0.25, -0.2) is 0 Å². The normalized spacial score (nSPS) is 10.8. The number of thioether (sulfide) groups is 1. The van der Waals surface area contributed by atoms with Crippen LogP contribution in [0.3, 0.4) is 0 Å². The fourth-order valence-electron chi connectivity index (χ4n) is 2.00. The average molecular weight is 418 g/mol. The van der Waals surface area contributed by atoms with Gasteiger partial charge in [0.05, 0.1) is 34.3 Å². The second kappa shape index (κ2) is 8.14. The van der Waals surface area contributed by atoms with E-state index in [4.69, 9.17) is 39.2 Å². The van der Waals surface area contributed by atoms with E-state index in [1.807, 2.05) is 6.07 Å². The van der Waals surface area contributed by atoms with E-state index in [-0.39, 0.29) is 21.7 Å². The van der Waals surface area contributed by atoms with Crippen LogP contribution in [0.1, 0.15) is 5.76 Å². The van der Waals surface area contributed by atoms with Crippen molar-refractivity contribution in [3.8, 4) is 0 Å². The van der Waals surface area contributed by atoms with Crippen LogP contribution in [-0.4, -0.2) is 26.4 Å². The zero-order chi connectivity index (χ0) is 17.8. The third-order valence-electron chi connectivity index (χ3n) is 3.09. The van der Waals surface area contributed by atoms with Crippen molar-refractivity contribution in [2.24, 2.45) is 0 Å². The second-order valence-electron chi connectivity index (χ2n) is 4.90. The van der Waals surface area contributed by atoms with Crippen LogP contribution in [0.4, 0.5) is 5.69 Å². The van der Waals surface area contributed by atoms with Crippen LogP contribution in [0.25, 0.3) is 0 Å². The number of rotatable bonds is 6. The molecule has 10 heteroatoms. The Labute approximate surface area is 162 Å². The van der Waals surface area contributed by atoms with Crippen molar-refractivity contribution in [3.63, 3.8) is 0 Å². The minimum absolute atomic E-state index is 0.117. The van der Waals surface area contributed by atoms with Gasteiger partial charge in [0, 0.05) is 5.02 Å². The highest BCUT2D eigenvalue weighted by atomic mass is 35.5. The van der Waals surface area contributed by atoms with Crippen LogP contribution in [0.15, 0.2) is 46.4 Å². The number of nitrogens with one attached hydrogen (secondary N) is 1. The number of amides is 1. The predicted molar refractivity (Wildman–Crippen MR) is 98.7 cm³/mol. The van der Waals surface area contributed by atoms with Gasteiger partial charge in [0.1, 0.15) is 12.1 Å². The van der Waals surface area contributed by atoms with E-state index in [9.17, 15) is 4.79 Å². The van der Waals surface area contributed by atoms with Gasteiger partial charge in [-0.3, -0.25) is 4.79 Å². The average Bonchev–Trinajstić information content (AvgIpc) is 3.21. The predicted octanol–water partition coefficient (Wildman–Crippen LogP) is 4.61. The summed E-state index contributed by atoms with van der Waals surface area (Å²) in [7, 11) is 0. The number of benzene rings is 1. The molecule has 0 aliphatic rings. The van der Waals surface area contributed by atoms with Crippen LogP contribution in [0, 0.1) is 0 Å². The monoisotopic (exact) mass is 416 g/mol. The van der Waals surface area contributed by atoms with Crippen molar-refractivity contribution in [1.82, 2.24) is 14.8 Å². The van der Waals surface area contributed by atoms with Crippen LogP contribution in [-0.2, 0) is 11.3 Å². The summed E-state index contributed by atoms with van der Waals surface area (Å²) >= 11 is 19.2. The summed E-state index contributed by atoms with van der Waals surface area (Å²) in [6.45, 7) is 0.485. The maximum atomic E-state index is 12.2. The van der Waals surface area contributed by atoms with Crippen molar-refractivity contribution in [1.29, 1.82) is 0 Å². The zero-order valence-electron chi connectivity index (χ0n) is 12.6. The molecule has 0 aliphatic heterocycles. The Hall–Kier alpha value is -1.67. The quantitative estimate of drug-likeness (QED) is 0.593. The lowest BCUT2D eigenvalue weighted by Gasteiger charge is -2.10. The number of furan rings is 1. The first-order valence-corrected chi connectivity index (χ1v) is 9.12. The summed E-state index contributed by atoms with van der Waals surface area (Å²) in [5, 5.41) is 12.1. The smallest absolute Gasteiger partial charge is 0.234 e. The molecule has 0 unspecified atom stereocenters. The molecular weight excluding hydrogens is 407 g/mol. The standard InChI is InChI=1S/C15H11Cl3N4O2S/c16-9-4-11(17)14(12(18)5-9)20-13(23)7-25-15-21-19-8-22(15)6-10-2-1-3-24-10/h1-5,8H,6-7H2,(H,20,23). The molecule has 25 heavy (non-hydrogen) atoms. The van der Waals surface area contributed by atoms with Gasteiger partial charge >= 0.3 is 0 Å². The lowest BCUT2D eigenvalue weighted by atomic mass is 10.3. The van der Waals surface area contributed by atoms with Crippen molar-refractivity contribution in [2.45, 2.75) is 11.7 Å². The Morgan fingerprint density at radius 2 is 2.04 bits per heavy atom. The fraction of sp³-hybridized carbons (Fsp3) is 0.133. The molecule has 2 aromatic heterocycles. The van der Waals surface area contributed by atoms with E-state index >= 15 is 0 Å². The second-order valence-corrected chi connectivity index (χ2v) is 7.10. The van der Waals surface area contributed by atoms with E-state index in [0.29, 0.717) is 22.4 Å². The van der Waals surface area contributed by atoms with Crippen LogP contribution in [0.5, 0.6) is 0 Å². The maximum Gasteiger partial charge on any atom is 0.234 e. The molecule has 1 aromatic carbocycles. The minimum Gasteiger partial charge on any atom is -0.467 e. The molecule has 0 saturated heterocycles. The molecular formula is C15H11Cl3N4O2S. The molecule has 130 valence electrons. The molecule has 3 rings (SSSR count). The zero-order valence-corrected chi connectivity index (χ0v) is 15.7. The SMILES string of the molecule is O=C(CSc1nncn1Cc1ccco1)Nc1c(Cl)cc(Cl)cc1Cl. The van der Waals surface area contributed by atoms with Crippen molar-refractivity contribution in [3.05, 3.63) is 57.7 Å². The molecule has 0 atom stereocenters. The first-order valence-electron chi connectivity index (χ1n) is 7.00. The van der Waals surface area contributed by atoms with E-state index in [1.165, 1.54) is 23.9 Å². The summed E-state index contributed by atoms with van der Waals surface area (Å²) in [6.07, 6.45) is 3.18. The van der Waals surface area contributed by atoms with E-state index in [0.717, 1.165) is 5.76 Å². The van der Waals surface area contributed by atoms with Gasteiger partial charge in [0.15, 0.2) is 5.16 Å². The molecule has 1 N–H and O–H groups in total. The van der Waals surface area contributed by atoms with Crippen molar-refractivity contribution >= 4 is 58.2 Å². The highest BCUT2D eigenvalue weighted by molar-refractivity contribution is 7.99. The molecule has 0 radical (unpaired) electrons. The van der Waals surface area contributed by atoms with Crippen molar-refractivity contribution < 1.29 is 9.21 Å². The van der Waals surface area contributed by atoms with Gasteiger partial charge in [0.25, 0.3) is 0 Å². The van der Waals surface area contributed by atoms with Crippen LogP contribution < -0.4 is 5.32 Å². The van der Waals surface area contributed by atoms with Crippen LogP contribution >= 0.6 is 46.6 Å². The van der Waals surface area contributed by atoms with E-state index < -0.39 is 0 Å². The Kier molecular flexibility index (Phi) is 5.90. The van der Waals surface area contributed by atoms with Gasteiger partial charge in [0.2, 0.25) is 5.91 Å². The highest BCUT2D eigenvalue weighted by Crippen LogP contribution is 2.33. The van der Waals surface area contributed by atoms with E-state index in [2.05, 4.69) is 15.5 Å². The van der Waals surface area contributed by atoms with Gasteiger partial charge in [-0.2, -0.15) is 0 Å². The number of hydrogen-bond donors (Lipinski definition) is 1. The number of aromatic nitrogens is 3. The number of halogens is 3. The number of nitrogens with zero attached hydrogens (tertiary/aromatic N) is 3. The summed E-state index contributed by atoms with van der Waals surface area (Å²) < 4.78 is 7.09. The molecule has 0 spiro atoms. The summed E-state index contributed by atoms with van der Waals surface area (Å²) in [6, 6.07) is 6.68. The highest BCUT2D eigenvalue weighted by Gasteiger charge is 2.14. The number of carbonyl (C=O) groups is 1. The summed E-state index contributed by atoms with van der Waals surface area (Å²) in [5.41, 5.74) is 0.329. The minimum atomic E-state index is -0.274. The lowest BCUT2D eigenvalue weighted by molar-refractivity contribution is -0.113. The summed E-state index contributed by atoms with van der Waals surface area (Å²) in [5.74, 6) is 0.612. The largest absolute Gasteiger partial charge is 0.467 e. The fourth-order valence-corrected chi connectivity index (χ4v) is 3.63. The van der Waals surface area contributed by atoms with Gasteiger partial charge in [-0.05, 0) is 24.3 Å².